The number of benzene rings is 3. The van der Waals surface area contributed by atoms with Gasteiger partial charge in [0.2, 0.25) is 0 Å². The van der Waals surface area contributed by atoms with Gasteiger partial charge in [0, 0.05) is 11.8 Å². The Bertz CT molecular complexity index is 1350. The summed E-state index contributed by atoms with van der Waals surface area (Å²) in [5.74, 6) is 0. The second-order valence-electron chi connectivity index (χ2n) is 6.80. The lowest BCUT2D eigenvalue weighted by molar-refractivity contribution is -0.136. The molecule has 0 saturated heterocycles. The van der Waals surface area contributed by atoms with Crippen LogP contribution in [0.4, 0.5) is 13.2 Å². The van der Waals surface area contributed by atoms with Gasteiger partial charge in [-0.1, -0.05) is 42.5 Å². The molecule has 4 aromatic rings. The van der Waals surface area contributed by atoms with Crippen molar-refractivity contribution in [3.8, 4) is 22.4 Å². The number of rotatable bonds is 3. The van der Waals surface area contributed by atoms with Gasteiger partial charge in [-0.15, -0.1) is 0 Å². The van der Waals surface area contributed by atoms with Crippen LogP contribution in [0, 0.1) is 0 Å². The number of nitrogens with zero attached hydrogens (tertiary/aromatic N) is 2. The molecule has 0 spiro atoms. The van der Waals surface area contributed by atoms with Crippen LogP contribution in [0.25, 0.3) is 33.4 Å². The lowest BCUT2D eigenvalue weighted by atomic mass is 10.0. The zero-order chi connectivity index (χ0) is 21.5. The molecular formula is C22H15F3N2O2S. The molecule has 30 heavy (non-hydrogen) atoms. The summed E-state index contributed by atoms with van der Waals surface area (Å²) in [6, 6.07) is 17.3. The van der Waals surface area contributed by atoms with Gasteiger partial charge in [0.1, 0.15) is 5.52 Å². The molecule has 0 radical (unpaired) electrons. The highest BCUT2D eigenvalue weighted by molar-refractivity contribution is 7.90. The molecule has 8 heteroatoms. The largest absolute Gasteiger partial charge is 0.418 e. The predicted molar refractivity (Wildman–Crippen MR) is 109 cm³/mol. The first-order valence-electron chi connectivity index (χ1n) is 8.87. The molecule has 0 N–H and O–H groups in total. The standard InChI is InChI=1S/C22H15F3N2O2S/c1-30(28,29)17-5-2-4-16(12-17)14-8-10-15(11-9-14)20-13-26-19-7-3-6-18(21(19)27-20)22(23,24)25/h2-13H,1H3. The highest BCUT2D eigenvalue weighted by atomic mass is 32.2. The topological polar surface area (TPSA) is 59.9 Å². The van der Waals surface area contributed by atoms with Crippen molar-refractivity contribution < 1.29 is 21.6 Å². The molecule has 0 aliphatic rings. The highest BCUT2D eigenvalue weighted by Gasteiger charge is 2.33. The molecule has 0 saturated carbocycles. The van der Waals surface area contributed by atoms with Crippen LogP contribution in [0.5, 0.6) is 0 Å². The Balaban J connectivity index is 1.74. The average Bonchev–Trinajstić information content (AvgIpc) is 2.72. The fourth-order valence-corrected chi connectivity index (χ4v) is 3.81. The summed E-state index contributed by atoms with van der Waals surface area (Å²) >= 11 is 0. The van der Waals surface area contributed by atoms with Gasteiger partial charge < -0.3 is 0 Å². The third kappa shape index (κ3) is 3.91. The van der Waals surface area contributed by atoms with Gasteiger partial charge in [-0.05, 0) is 35.4 Å². The Morgan fingerprint density at radius 3 is 2.17 bits per heavy atom. The second kappa shape index (κ2) is 7.21. The van der Waals surface area contributed by atoms with E-state index in [4.69, 9.17) is 0 Å². The van der Waals surface area contributed by atoms with Crippen LogP contribution in [0.2, 0.25) is 0 Å². The van der Waals surface area contributed by atoms with Gasteiger partial charge in [-0.25, -0.2) is 13.4 Å². The lowest BCUT2D eigenvalue weighted by Crippen LogP contribution is -2.07. The molecule has 0 aliphatic carbocycles. The van der Waals surface area contributed by atoms with E-state index in [0.717, 1.165) is 17.9 Å². The number of fused-ring (bicyclic) bond motifs is 1. The van der Waals surface area contributed by atoms with Crippen molar-refractivity contribution in [3.63, 3.8) is 0 Å². The number of hydrogen-bond donors (Lipinski definition) is 0. The van der Waals surface area contributed by atoms with E-state index in [0.29, 0.717) is 16.8 Å². The van der Waals surface area contributed by atoms with Crippen molar-refractivity contribution >= 4 is 20.9 Å². The number of alkyl halides is 3. The quantitative estimate of drug-likeness (QED) is 0.439. The minimum absolute atomic E-state index is 0.169. The van der Waals surface area contributed by atoms with Crippen molar-refractivity contribution in [2.75, 3.05) is 6.26 Å². The Morgan fingerprint density at radius 2 is 1.50 bits per heavy atom. The first-order valence-corrected chi connectivity index (χ1v) is 10.8. The molecule has 4 rings (SSSR count). The third-order valence-electron chi connectivity index (χ3n) is 4.65. The summed E-state index contributed by atoms with van der Waals surface area (Å²) in [5, 5.41) is 0. The Morgan fingerprint density at radius 1 is 0.833 bits per heavy atom. The Hall–Kier alpha value is -3.26. The Kier molecular flexibility index (Phi) is 4.82. The van der Waals surface area contributed by atoms with Crippen LogP contribution in [-0.2, 0) is 16.0 Å². The smallest absolute Gasteiger partial charge is 0.252 e. The van der Waals surface area contributed by atoms with Gasteiger partial charge in [-0.3, -0.25) is 4.98 Å². The van der Waals surface area contributed by atoms with Crippen LogP contribution in [0.1, 0.15) is 5.56 Å². The van der Waals surface area contributed by atoms with Crippen LogP contribution in [0.3, 0.4) is 0 Å². The molecule has 0 atom stereocenters. The monoisotopic (exact) mass is 428 g/mol. The molecule has 1 aromatic heterocycles. The lowest BCUT2D eigenvalue weighted by Gasteiger charge is -2.10. The molecule has 1 heterocycles. The molecule has 0 fully saturated rings. The van der Waals surface area contributed by atoms with E-state index in [1.807, 2.05) is 0 Å². The highest BCUT2D eigenvalue weighted by Crippen LogP contribution is 2.34. The minimum Gasteiger partial charge on any atom is -0.252 e. The third-order valence-corrected chi connectivity index (χ3v) is 5.76. The van der Waals surface area contributed by atoms with Crippen LogP contribution in [0.15, 0.2) is 77.8 Å². The predicted octanol–water partition coefficient (Wildman–Crippen LogP) is 5.39. The Labute approximate surface area is 171 Å². The van der Waals surface area contributed by atoms with Gasteiger partial charge in [0.15, 0.2) is 9.84 Å². The van der Waals surface area contributed by atoms with E-state index in [1.165, 1.54) is 24.4 Å². The summed E-state index contributed by atoms with van der Waals surface area (Å²) in [4.78, 5) is 8.53. The molecular weight excluding hydrogens is 413 g/mol. The average molecular weight is 428 g/mol. The van der Waals surface area contributed by atoms with E-state index < -0.39 is 21.6 Å². The fraction of sp³-hybridized carbons (Fsp3) is 0.0909. The number of para-hydroxylation sites is 1. The first kappa shape index (κ1) is 20.0. The maximum atomic E-state index is 13.3. The molecule has 0 aliphatic heterocycles. The number of aromatic nitrogens is 2. The SMILES string of the molecule is CS(=O)(=O)c1cccc(-c2ccc(-c3cnc4cccc(C(F)(F)F)c4n3)cc2)c1. The van der Waals surface area contributed by atoms with E-state index in [-0.39, 0.29) is 15.9 Å². The molecule has 0 bridgehead atoms. The second-order valence-corrected chi connectivity index (χ2v) is 8.82. The van der Waals surface area contributed by atoms with Crippen LogP contribution >= 0.6 is 0 Å². The van der Waals surface area contributed by atoms with Crippen molar-refractivity contribution in [2.24, 2.45) is 0 Å². The van der Waals surface area contributed by atoms with Crippen molar-refractivity contribution in [3.05, 3.63) is 78.5 Å². The van der Waals surface area contributed by atoms with Gasteiger partial charge in [0.05, 0.1) is 27.9 Å². The number of halogens is 3. The van der Waals surface area contributed by atoms with E-state index >= 15 is 0 Å². The minimum atomic E-state index is -4.53. The van der Waals surface area contributed by atoms with Crippen LogP contribution in [-0.4, -0.2) is 24.6 Å². The van der Waals surface area contributed by atoms with Gasteiger partial charge in [-0.2, -0.15) is 13.2 Å². The van der Waals surface area contributed by atoms with Crippen molar-refractivity contribution in [2.45, 2.75) is 11.1 Å². The molecule has 152 valence electrons. The van der Waals surface area contributed by atoms with Crippen molar-refractivity contribution in [1.29, 1.82) is 0 Å². The number of hydrogen-bond acceptors (Lipinski definition) is 4. The summed E-state index contributed by atoms with van der Waals surface area (Å²) in [5.41, 5.74) is 1.54. The molecule has 0 unspecified atom stereocenters. The van der Waals surface area contributed by atoms with E-state index in [9.17, 15) is 21.6 Å². The molecule has 4 nitrogen and oxygen atoms in total. The maximum Gasteiger partial charge on any atom is 0.418 e. The number of sulfone groups is 1. The van der Waals surface area contributed by atoms with E-state index in [1.54, 1.807) is 42.5 Å². The van der Waals surface area contributed by atoms with Crippen LogP contribution < -0.4 is 0 Å². The summed E-state index contributed by atoms with van der Waals surface area (Å²) in [6.07, 6.45) is -1.95. The summed E-state index contributed by atoms with van der Waals surface area (Å²) in [7, 11) is -3.33. The zero-order valence-electron chi connectivity index (χ0n) is 15.7. The maximum absolute atomic E-state index is 13.3. The first-order chi connectivity index (χ1) is 14.1. The molecule has 3 aromatic carbocycles. The van der Waals surface area contributed by atoms with Gasteiger partial charge in [0.25, 0.3) is 0 Å². The van der Waals surface area contributed by atoms with Crippen molar-refractivity contribution in [1.82, 2.24) is 9.97 Å². The fourth-order valence-electron chi connectivity index (χ4n) is 3.14. The summed E-state index contributed by atoms with van der Waals surface area (Å²) < 4.78 is 63.4. The van der Waals surface area contributed by atoms with E-state index in [2.05, 4.69) is 9.97 Å². The van der Waals surface area contributed by atoms with Gasteiger partial charge >= 0.3 is 6.18 Å². The molecule has 0 amide bonds. The summed E-state index contributed by atoms with van der Waals surface area (Å²) in [6.45, 7) is 0. The normalized spacial score (nSPS) is 12.3. The zero-order valence-corrected chi connectivity index (χ0v) is 16.5.